The van der Waals surface area contributed by atoms with E-state index in [4.69, 9.17) is 0 Å². The van der Waals surface area contributed by atoms with Crippen molar-refractivity contribution in [1.29, 1.82) is 0 Å². The second-order valence-corrected chi connectivity index (χ2v) is 11.1. The summed E-state index contributed by atoms with van der Waals surface area (Å²) in [6.07, 6.45) is 6.41. The van der Waals surface area contributed by atoms with Crippen molar-refractivity contribution in [3.8, 4) is 0 Å². The molecule has 0 spiro atoms. The molecule has 3 nitrogen and oxygen atoms in total. The zero-order chi connectivity index (χ0) is 25.3. The van der Waals surface area contributed by atoms with E-state index in [1.165, 1.54) is 24.5 Å². The van der Waals surface area contributed by atoms with E-state index >= 15 is 0 Å². The Bertz CT molecular complexity index is 813. The van der Waals surface area contributed by atoms with Crippen LogP contribution in [0.3, 0.4) is 0 Å². The summed E-state index contributed by atoms with van der Waals surface area (Å²) >= 11 is 0. The van der Waals surface area contributed by atoms with Crippen molar-refractivity contribution in [2.45, 2.75) is 119 Å². The van der Waals surface area contributed by atoms with Gasteiger partial charge in [-0.1, -0.05) is 79.9 Å². The molecule has 1 aliphatic rings. The van der Waals surface area contributed by atoms with Gasteiger partial charge >= 0.3 is 0 Å². The van der Waals surface area contributed by atoms with E-state index in [1.807, 2.05) is 6.92 Å². The van der Waals surface area contributed by atoms with E-state index in [0.717, 1.165) is 43.2 Å². The monoisotopic (exact) mass is 456 g/mol. The first-order valence-corrected chi connectivity index (χ1v) is 13.1. The van der Waals surface area contributed by atoms with Gasteiger partial charge in [-0.05, 0) is 67.1 Å². The first-order valence-electron chi connectivity index (χ1n) is 13.1. The third-order valence-corrected chi connectivity index (χ3v) is 6.76. The predicted molar refractivity (Wildman–Crippen MR) is 139 cm³/mol. The van der Waals surface area contributed by atoms with Crippen molar-refractivity contribution >= 4 is 17.3 Å². The number of carbonyl (C=O) groups excluding carboxylic acids is 3. The number of rotatable bonds is 9. The molecule has 3 heteroatoms. The lowest BCUT2D eigenvalue weighted by Gasteiger charge is -2.33. The number of benzene rings is 1. The molecule has 2 rings (SSSR count). The minimum absolute atomic E-state index is 0.0217. The topological polar surface area (TPSA) is 51.2 Å². The summed E-state index contributed by atoms with van der Waals surface area (Å²) in [7, 11) is 0. The maximum atomic E-state index is 13.1. The fraction of sp³-hybridized carbons (Fsp3) is 0.700. The zero-order valence-electron chi connectivity index (χ0n) is 22.8. The molecule has 0 N–H and O–H groups in total. The third kappa shape index (κ3) is 8.19. The minimum Gasteiger partial charge on any atom is -0.300 e. The van der Waals surface area contributed by atoms with E-state index in [2.05, 4.69) is 60.6 Å². The predicted octanol–water partition coefficient (Wildman–Crippen LogP) is 7.83. The highest BCUT2D eigenvalue weighted by molar-refractivity contribution is 6.00. The highest BCUT2D eigenvalue weighted by Crippen LogP contribution is 2.38. The molecule has 0 heterocycles. The van der Waals surface area contributed by atoms with Crippen LogP contribution in [0, 0.1) is 24.7 Å². The average Bonchev–Trinajstić information content (AvgIpc) is 2.67. The number of hydrogen-bond acceptors (Lipinski definition) is 3. The van der Waals surface area contributed by atoms with Crippen molar-refractivity contribution in [2.24, 2.45) is 17.8 Å². The van der Waals surface area contributed by atoms with Crippen LogP contribution in [-0.4, -0.2) is 17.3 Å². The lowest BCUT2D eigenvalue weighted by Crippen LogP contribution is -2.30. The lowest BCUT2D eigenvalue weighted by atomic mass is 9.71. The summed E-state index contributed by atoms with van der Waals surface area (Å²) in [4.78, 5) is 37.3. The quantitative estimate of drug-likeness (QED) is 0.356. The van der Waals surface area contributed by atoms with E-state index in [9.17, 15) is 14.4 Å². The van der Waals surface area contributed by atoms with Crippen LogP contribution in [0.1, 0.15) is 127 Å². The van der Waals surface area contributed by atoms with Gasteiger partial charge in [0.25, 0.3) is 0 Å². The summed E-state index contributed by atoms with van der Waals surface area (Å²) < 4.78 is 0. The molecule has 0 amide bonds. The first-order chi connectivity index (χ1) is 15.4. The van der Waals surface area contributed by atoms with Gasteiger partial charge in [0, 0.05) is 17.9 Å². The van der Waals surface area contributed by atoms with Crippen molar-refractivity contribution in [3.05, 3.63) is 34.4 Å². The van der Waals surface area contributed by atoms with Gasteiger partial charge in [0.2, 0.25) is 0 Å². The fourth-order valence-electron chi connectivity index (χ4n) is 5.54. The van der Waals surface area contributed by atoms with Crippen LogP contribution in [0.4, 0.5) is 0 Å². The van der Waals surface area contributed by atoms with E-state index in [-0.39, 0.29) is 46.9 Å². The molecule has 0 fully saturated rings. The maximum absolute atomic E-state index is 13.1. The molecule has 186 valence electrons. The molecule has 0 bridgehead atoms. The average molecular weight is 457 g/mol. The Morgan fingerprint density at radius 2 is 1.67 bits per heavy atom. The number of carbonyl (C=O) groups is 3. The molecule has 1 aliphatic carbocycles. The molecule has 0 saturated heterocycles. The molecular weight excluding hydrogens is 408 g/mol. The Morgan fingerprint density at radius 3 is 2.15 bits per heavy atom. The van der Waals surface area contributed by atoms with Crippen molar-refractivity contribution < 1.29 is 14.4 Å². The Balaban J connectivity index is 0.00000172. The number of Topliss-reactive ketones (excluding diaryl/α,β-unsaturated/α-hetero) is 3. The molecule has 0 saturated carbocycles. The summed E-state index contributed by atoms with van der Waals surface area (Å²) in [6.45, 7) is 18.6. The number of ketones is 3. The van der Waals surface area contributed by atoms with Gasteiger partial charge in [-0.3, -0.25) is 14.4 Å². The molecule has 0 aromatic heterocycles. The summed E-state index contributed by atoms with van der Waals surface area (Å²) in [5.41, 5.74) is 4.51. The Hall–Kier alpha value is -1.77. The Morgan fingerprint density at radius 1 is 1.06 bits per heavy atom. The molecule has 0 radical (unpaired) electrons. The molecule has 0 aliphatic heterocycles. The molecule has 33 heavy (non-hydrogen) atoms. The molecule has 1 aromatic carbocycles. The summed E-state index contributed by atoms with van der Waals surface area (Å²) in [5.74, 6) is 0.734. The highest BCUT2D eigenvalue weighted by atomic mass is 16.1. The van der Waals surface area contributed by atoms with E-state index in [1.54, 1.807) is 0 Å². The van der Waals surface area contributed by atoms with Crippen molar-refractivity contribution in [3.63, 3.8) is 0 Å². The first kappa shape index (κ1) is 29.3. The zero-order valence-corrected chi connectivity index (χ0v) is 22.8. The summed E-state index contributed by atoms with van der Waals surface area (Å²) in [6, 6.07) is 4.35. The molecule has 3 atom stereocenters. The number of fused-ring (bicyclic) bond motifs is 1. The van der Waals surface area contributed by atoms with Crippen LogP contribution in [0.25, 0.3) is 0 Å². The van der Waals surface area contributed by atoms with E-state index < -0.39 is 0 Å². The van der Waals surface area contributed by atoms with Crippen LogP contribution in [0.2, 0.25) is 0 Å². The molecule has 3 unspecified atom stereocenters. The van der Waals surface area contributed by atoms with E-state index in [0.29, 0.717) is 6.42 Å². The van der Waals surface area contributed by atoms with Crippen LogP contribution in [0.5, 0.6) is 0 Å². The third-order valence-electron chi connectivity index (χ3n) is 6.76. The van der Waals surface area contributed by atoms with Gasteiger partial charge in [0.05, 0.1) is 6.42 Å². The molecular formula is C30H48O3. The second-order valence-electron chi connectivity index (χ2n) is 11.1. The van der Waals surface area contributed by atoms with Gasteiger partial charge in [0.1, 0.15) is 11.6 Å². The summed E-state index contributed by atoms with van der Waals surface area (Å²) in [5, 5.41) is 0. The Labute approximate surface area is 203 Å². The van der Waals surface area contributed by atoms with Crippen molar-refractivity contribution in [2.75, 3.05) is 0 Å². The van der Waals surface area contributed by atoms with Gasteiger partial charge < -0.3 is 0 Å². The van der Waals surface area contributed by atoms with Crippen molar-refractivity contribution in [1.82, 2.24) is 0 Å². The van der Waals surface area contributed by atoms with Crippen LogP contribution in [-0.2, 0) is 21.4 Å². The largest absolute Gasteiger partial charge is 0.300 e. The smallest absolute Gasteiger partial charge is 0.163 e. The van der Waals surface area contributed by atoms with Crippen LogP contribution in [0.15, 0.2) is 12.1 Å². The van der Waals surface area contributed by atoms with Gasteiger partial charge in [-0.2, -0.15) is 0 Å². The molecule has 1 aromatic rings. The highest BCUT2D eigenvalue weighted by Gasteiger charge is 2.34. The van der Waals surface area contributed by atoms with Gasteiger partial charge in [0.15, 0.2) is 5.78 Å². The van der Waals surface area contributed by atoms with Gasteiger partial charge in [-0.15, -0.1) is 0 Å². The SMILES string of the molecule is CCC.CCCC(CC1CC(=O)c2c(ccc(C(C)(C)C)c2C)C1)C(CC)C(=O)CC(C)=O. The van der Waals surface area contributed by atoms with Gasteiger partial charge in [-0.25, -0.2) is 0 Å². The maximum Gasteiger partial charge on any atom is 0.163 e. The standard InChI is InChI=1S/C27H40O3.C3H8/c1-8-10-20(22(9-2)24(29)13-17(3)28)14-19-15-21-11-12-23(27(5,6)7)18(4)26(21)25(30)16-19;1-3-2/h11-12,19-20,22H,8-10,13-16H2,1-7H3;3H2,1-2H3. The van der Waals surface area contributed by atoms with Crippen LogP contribution < -0.4 is 0 Å². The minimum atomic E-state index is -0.0737. The second kappa shape index (κ2) is 13.2. The number of hydrogen-bond donors (Lipinski definition) is 0. The lowest BCUT2D eigenvalue weighted by molar-refractivity contribution is -0.129. The fourth-order valence-corrected chi connectivity index (χ4v) is 5.54. The normalized spacial score (nSPS) is 17.5. The van der Waals surface area contributed by atoms with Crippen LogP contribution >= 0.6 is 0 Å². The Kier molecular flexibility index (Phi) is 11.7.